The highest BCUT2D eigenvalue weighted by molar-refractivity contribution is 6.24. The van der Waals surface area contributed by atoms with Crippen LogP contribution < -0.4 is 19.7 Å². The van der Waals surface area contributed by atoms with Crippen LogP contribution >= 0.6 is 0 Å². The van der Waals surface area contributed by atoms with E-state index in [4.69, 9.17) is 9.47 Å². The first-order valence-corrected chi connectivity index (χ1v) is 11.9. The second kappa shape index (κ2) is 9.47. The molecule has 5 atom stereocenters. The third-order valence-corrected chi connectivity index (χ3v) is 7.78. The first kappa shape index (κ1) is 26.1. The second-order valence-corrected chi connectivity index (χ2v) is 9.41. The van der Waals surface area contributed by atoms with Crippen LogP contribution in [0.5, 0.6) is 11.5 Å². The number of methoxy groups -OCH3 is 2. The number of nitrogens with zero attached hydrogens (tertiary/aromatic N) is 2. The van der Waals surface area contributed by atoms with Crippen LogP contribution in [0.2, 0.25) is 0 Å². The van der Waals surface area contributed by atoms with Gasteiger partial charge in [-0.2, -0.15) is 0 Å². The van der Waals surface area contributed by atoms with E-state index in [-0.39, 0.29) is 11.4 Å². The molecule has 2 aromatic carbocycles. The zero-order chi connectivity index (χ0) is 27.2. The summed E-state index contributed by atoms with van der Waals surface area (Å²) in [5.41, 5.74) is -0.846. The van der Waals surface area contributed by atoms with Crippen molar-refractivity contribution in [1.29, 1.82) is 0 Å². The Balaban J connectivity index is 1.94. The van der Waals surface area contributed by atoms with E-state index in [1.807, 2.05) is 6.92 Å². The fraction of sp³-hybridized carbons (Fsp3) is 0.423. The van der Waals surface area contributed by atoms with Crippen LogP contribution in [0.15, 0.2) is 36.4 Å². The van der Waals surface area contributed by atoms with Crippen molar-refractivity contribution in [3.8, 4) is 11.5 Å². The van der Waals surface area contributed by atoms with Gasteiger partial charge >= 0.3 is 5.97 Å². The van der Waals surface area contributed by atoms with Gasteiger partial charge in [0.15, 0.2) is 0 Å². The molecular weight excluding hydrogens is 482 g/mol. The lowest BCUT2D eigenvalue weighted by Gasteiger charge is -2.36. The van der Waals surface area contributed by atoms with Gasteiger partial charge in [-0.15, -0.1) is 0 Å². The van der Waals surface area contributed by atoms with Crippen LogP contribution in [0.3, 0.4) is 0 Å². The molecule has 2 saturated heterocycles. The van der Waals surface area contributed by atoms with Crippen molar-refractivity contribution in [3.63, 3.8) is 0 Å². The molecule has 0 aliphatic carbocycles. The number of hydrogen-bond donors (Lipinski definition) is 2. The van der Waals surface area contributed by atoms with Crippen LogP contribution in [-0.4, -0.2) is 47.6 Å². The van der Waals surface area contributed by atoms with E-state index >= 15 is 0 Å². The number of rotatable bonds is 8. The Kier molecular flexibility index (Phi) is 6.68. The minimum absolute atomic E-state index is 0.0265. The minimum atomic E-state index is -1.76. The molecule has 11 nitrogen and oxygen atoms in total. The van der Waals surface area contributed by atoms with Crippen molar-refractivity contribution in [1.82, 2.24) is 5.32 Å². The van der Waals surface area contributed by atoms with E-state index < -0.39 is 52.0 Å². The Morgan fingerprint density at radius 3 is 2.49 bits per heavy atom. The summed E-state index contributed by atoms with van der Waals surface area (Å²) >= 11 is 0. The van der Waals surface area contributed by atoms with Crippen molar-refractivity contribution in [2.75, 3.05) is 19.1 Å². The third-order valence-electron chi connectivity index (χ3n) is 7.78. The molecule has 2 aliphatic rings. The van der Waals surface area contributed by atoms with Gasteiger partial charge in [-0.1, -0.05) is 32.4 Å². The van der Waals surface area contributed by atoms with Crippen LogP contribution in [-0.2, 0) is 14.4 Å². The van der Waals surface area contributed by atoms with E-state index in [0.717, 1.165) is 11.0 Å². The average Bonchev–Trinajstić information content (AvgIpc) is 3.37. The second-order valence-electron chi connectivity index (χ2n) is 9.41. The summed E-state index contributed by atoms with van der Waals surface area (Å²) in [5.74, 6) is -4.49. The minimum Gasteiger partial charge on any atom is -0.496 e. The maximum Gasteiger partial charge on any atom is 0.325 e. The number of benzene rings is 2. The van der Waals surface area contributed by atoms with Gasteiger partial charge in [0.05, 0.1) is 36.7 Å². The lowest BCUT2D eigenvalue weighted by Crippen LogP contribution is -2.59. The normalized spacial score (nSPS) is 25.6. The molecule has 0 radical (unpaired) electrons. The lowest BCUT2D eigenvalue weighted by atomic mass is 9.72. The molecule has 11 heteroatoms. The molecule has 2 aliphatic heterocycles. The molecule has 0 saturated carbocycles. The van der Waals surface area contributed by atoms with Crippen LogP contribution in [0, 0.1) is 34.8 Å². The number of nitro benzene ring substituents is 1. The molecule has 4 rings (SSSR count). The Morgan fingerprint density at radius 2 is 1.92 bits per heavy atom. The van der Waals surface area contributed by atoms with Gasteiger partial charge in [0.2, 0.25) is 11.8 Å². The number of aliphatic carboxylic acids is 1. The van der Waals surface area contributed by atoms with Gasteiger partial charge in [-0.05, 0) is 25.0 Å². The summed E-state index contributed by atoms with van der Waals surface area (Å²) in [6, 6.07) is 7.72. The van der Waals surface area contributed by atoms with Gasteiger partial charge < -0.3 is 14.6 Å². The van der Waals surface area contributed by atoms with Gasteiger partial charge in [0.1, 0.15) is 17.0 Å². The molecule has 0 spiro atoms. The number of anilines is 1. The number of carboxylic acid groups (broad SMARTS) is 1. The van der Waals surface area contributed by atoms with E-state index in [1.165, 1.54) is 32.4 Å². The van der Waals surface area contributed by atoms with E-state index in [2.05, 4.69) is 5.32 Å². The van der Waals surface area contributed by atoms with Gasteiger partial charge in [-0.25, -0.2) is 4.90 Å². The van der Waals surface area contributed by atoms with E-state index in [1.54, 1.807) is 26.0 Å². The Labute approximate surface area is 213 Å². The molecule has 2 aromatic rings. The first-order chi connectivity index (χ1) is 17.5. The summed E-state index contributed by atoms with van der Waals surface area (Å²) < 4.78 is 11.0. The molecule has 5 unspecified atom stereocenters. The topological polar surface area (TPSA) is 148 Å². The molecule has 2 heterocycles. The molecule has 37 heavy (non-hydrogen) atoms. The van der Waals surface area contributed by atoms with Crippen LogP contribution in [0.4, 0.5) is 11.4 Å². The molecule has 2 amide bonds. The number of imide groups is 1. The highest BCUT2D eigenvalue weighted by Gasteiger charge is 2.70. The molecule has 0 bridgehead atoms. The molecular formula is C26H29N3O8. The first-order valence-electron chi connectivity index (χ1n) is 11.9. The Morgan fingerprint density at radius 1 is 1.22 bits per heavy atom. The van der Waals surface area contributed by atoms with E-state index in [9.17, 15) is 29.6 Å². The average molecular weight is 512 g/mol. The van der Waals surface area contributed by atoms with Crippen molar-refractivity contribution >= 4 is 29.2 Å². The summed E-state index contributed by atoms with van der Waals surface area (Å²) in [7, 11) is 2.98. The number of carbonyl (C=O) groups is 3. The highest BCUT2D eigenvalue weighted by Crippen LogP contribution is 2.54. The number of carboxylic acids is 1. The number of nitrogens with one attached hydrogen (secondary N) is 1. The Bertz CT molecular complexity index is 1290. The fourth-order valence-electron chi connectivity index (χ4n) is 5.82. The summed E-state index contributed by atoms with van der Waals surface area (Å²) in [6.45, 7) is 5.33. The third kappa shape index (κ3) is 3.72. The maximum atomic E-state index is 13.9. The number of carbonyl (C=O) groups excluding carboxylic acids is 2. The molecule has 2 fully saturated rings. The fourth-order valence-corrected chi connectivity index (χ4v) is 5.82. The number of fused-ring (bicyclic) bond motifs is 1. The number of non-ortho nitro benzene ring substituents is 1. The summed E-state index contributed by atoms with van der Waals surface area (Å²) in [6.07, 6.45) is 0.423. The standard InChI is InChI=1S/C26H29N3O8/c1-6-13(2)26(25(32)33)20-19(21(27-26)17-10-11-18(36-4)14(3)22(17)37-5)23(30)28(24(20)31)15-8-7-9-16(12-15)29(34)35/h7-13,19-21,27H,6H2,1-5H3,(H,32,33). The SMILES string of the molecule is CCC(C)C1(C(=O)O)NC(c2ccc(OC)c(C)c2OC)C2C(=O)N(c3cccc([N+](=O)[O-])c3)C(=O)C21. The lowest BCUT2D eigenvalue weighted by molar-refractivity contribution is -0.384. The van der Waals surface area contributed by atoms with Gasteiger partial charge in [0, 0.05) is 29.3 Å². The monoisotopic (exact) mass is 511 g/mol. The number of amides is 2. The summed E-state index contributed by atoms with van der Waals surface area (Å²) in [5, 5.41) is 25.1. The van der Waals surface area contributed by atoms with Crippen molar-refractivity contribution in [2.45, 2.75) is 38.8 Å². The highest BCUT2D eigenvalue weighted by atomic mass is 16.6. The smallest absolute Gasteiger partial charge is 0.325 e. The number of ether oxygens (including phenoxy) is 2. The summed E-state index contributed by atoms with van der Waals surface area (Å²) in [4.78, 5) is 52.4. The predicted octanol–water partition coefficient (Wildman–Crippen LogP) is 3.24. The number of nitro groups is 1. The van der Waals surface area contributed by atoms with Gasteiger partial charge in [0.25, 0.3) is 5.69 Å². The van der Waals surface area contributed by atoms with Crippen molar-refractivity contribution < 1.29 is 33.9 Å². The van der Waals surface area contributed by atoms with Gasteiger partial charge in [-0.3, -0.25) is 29.8 Å². The quantitative estimate of drug-likeness (QED) is 0.309. The molecule has 0 aromatic heterocycles. The maximum absolute atomic E-state index is 13.9. The predicted molar refractivity (Wildman–Crippen MR) is 133 cm³/mol. The molecule has 196 valence electrons. The largest absolute Gasteiger partial charge is 0.496 e. The van der Waals surface area contributed by atoms with Crippen molar-refractivity contribution in [3.05, 3.63) is 57.6 Å². The van der Waals surface area contributed by atoms with Crippen molar-refractivity contribution in [2.24, 2.45) is 17.8 Å². The zero-order valence-electron chi connectivity index (χ0n) is 21.2. The molecule has 2 N–H and O–H groups in total. The van der Waals surface area contributed by atoms with E-state index in [0.29, 0.717) is 29.0 Å². The Hall–Kier alpha value is -3.99. The van der Waals surface area contributed by atoms with Crippen LogP contribution in [0.1, 0.15) is 37.4 Å². The zero-order valence-corrected chi connectivity index (χ0v) is 21.2. The van der Waals surface area contributed by atoms with Crippen LogP contribution in [0.25, 0.3) is 0 Å². The number of hydrogen-bond acceptors (Lipinski definition) is 8.